The van der Waals surface area contributed by atoms with Crippen LogP contribution in [-0.4, -0.2) is 23.8 Å². The van der Waals surface area contributed by atoms with E-state index in [1.54, 1.807) is 39.0 Å². The minimum atomic E-state index is -0.644. The summed E-state index contributed by atoms with van der Waals surface area (Å²) in [5, 5.41) is 13.9. The van der Waals surface area contributed by atoms with Crippen LogP contribution in [0.25, 0.3) is 0 Å². The maximum atomic E-state index is 12.4. The van der Waals surface area contributed by atoms with Gasteiger partial charge in [-0.25, -0.2) is 4.79 Å². The molecule has 0 amide bonds. The molecular formula is C19H20Cl3NO4. The number of methoxy groups -OCH3 is 1. The number of carbonyl (C=O) groups excluding carboxylic acids is 1. The first kappa shape index (κ1) is 21.5. The third-order valence-corrected chi connectivity index (χ3v) is 4.38. The summed E-state index contributed by atoms with van der Waals surface area (Å²) in [7, 11) is 1.42. The van der Waals surface area contributed by atoms with Gasteiger partial charge in [0.2, 0.25) is 0 Å². The lowest BCUT2D eigenvalue weighted by atomic mass is 10.1. The van der Waals surface area contributed by atoms with Crippen molar-refractivity contribution in [2.24, 2.45) is 0 Å². The molecule has 146 valence electrons. The fourth-order valence-corrected chi connectivity index (χ4v) is 3.17. The molecule has 2 aromatic rings. The number of hydrogen-bond donors (Lipinski definition) is 2. The van der Waals surface area contributed by atoms with Crippen molar-refractivity contribution in [3.05, 3.63) is 50.5 Å². The van der Waals surface area contributed by atoms with E-state index in [0.29, 0.717) is 16.3 Å². The van der Waals surface area contributed by atoms with Crippen molar-refractivity contribution >= 4 is 46.5 Å². The molecule has 5 nitrogen and oxygen atoms in total. The molecule has 0 unspecified atom stereocenters. The number of benzene rings is 2. The molecule has 0 spiro atoms. The van der Waals surface area contributed by atoms with Crippen molar-refractivity contribution in [3.8, 4) is 11.5 Å². The lowest BCUT2D eigenvalue weighted by Gasteiger charge is -2.21. The molecule has 0 heterocycles. The van der Waals surface area contributed by atoms with E-state index < -0.39 is 11.6 Å². The number of esters is 1. The number of carbonyl (C=O) groups is 1. The summed E-state index contributed by atoms with van der Waals surface area (Å²) in [6, 6.07) is 6.24. The summed E-state index contributed by atoms with van der Waals surface area (Å²) in [5.41, 5.74) is 0.584. The molecule has 2 aromatic carbocycles. The second kappa shape index (κ2) is 8.46. The Morgan fingerprint density at radius 3 is 2.44 bits per heavy atom. The van der Waals surface area contributed by atoms with E-state index in [1.165, 1.54) is 13.2 Å². The molecule has 0 aliphatic carbocycles. The van der Waals surface area contributed by atoms with Gasteiger partial charge in [-0.05, 0) is 45.0 Å². The first-order valence-corrected chi connectivity index (χ1v) is 9.17. The van der Waals surface area contributed by atoms with Crippen LogP contribution in [0.15, 0.2) is 24.3 Å². The van der Waals surface area contributed by atoms with Gasteiger partial charge in [-0.2, -0.15) is 0 Å². The van der Waals surface area contributed by atoms with E-state index in [2.05, 4.69) is 5.32 Å². The Morgan fingerprint density at radius 2 is 1.85 bits per heavy atom. The maximum Gasteiger partial charge on any atom is 0.342 e. The molecule has 2 N–H and O–H groups in total. The molecule has 0 aliphatic heterocycles. The van der Waals surface area contributed by atoms with Gasteiger partial charge in [0, 0.05) is 17.1 Å². The SMILES string of the molecule is COc1c(C(=O)OC(C)(C)C)ccc(NCc2cc(Cl)cc(Cl)c2O)c1Cl. The predicted molar refractivity (Wildman–Crippen MR) is 109 cm³/mol. The van der Waals surface area contributed by atoms with Crippen LogP contribution in [0, 0.1) is 0 Å². The first-order chi connectivity index (χ1) is 12.5. The van der Waals surface area contributed by atoms with E-state index >= 15 is 0 Å². The fourth-order valence-electron chi connectivity index (χ4n) is 2.33. The van der Waals surface area contributed by atoms with Crippen LogP contribution in [0.3, 0.4) is 0 Å². The highest BCUT2D eigenvalue weighted by Crippen LogP contribution is 2.37. The van der Waals surface area contributed by atoms with Crippen molar-refractivity contribution in [3.63, 3.8) is 0 Å². The van der Waals surface area contributed by atoms with Gasteiger partial charge in [-0.1, -0.05) is 34.8 Å². The summed E-state index contributed by atoms with van der Waals surface area (Å²) in [5.74, 6) is -0.404. The highest BCUT2D eigenvalue weighted by Gasteiger charge is 2.23. The van der Waals surface area contributed by atoms with E-state index in [4.69, 9.17) is 44.3 Å². The molecule has 0 aromatic heterocycles. The number of halogens is 3. The quantitative estimate of drug-likeness (QED) is 0.573. The van der Waals surface area contributed by atoms with Crippen LogP contribution >= 0.6 is 34.8 Å². The van der Waals surface area contributed by atoms with Crippen molar-refractivity contribution in [2.75, 3.05) is 12.4 Å². The number of ether oxygens (including phenoxy) is 2. The van der Waals surface area contributed by atoms with Crippen LogP contribution in [0.2, 0.25) is 15.1 Å². The maximum absolute atomic E-state index is 12.4. The molecule has 0 aliphatic rings. The second-order valence-electron chi connectivity index (χ2n) is 6.76. The largest absolute Gasteiger partial charge is 0.506 e. The van der Waals surface area contributed by atoms with Crippen molar-refractivity contribution < 1.29 is 19.4 Å². The molecule has 2 rings (SSSR count). The van der Waals surface area contributed by atoms with E-state index in [1.807, 2.05) is 0 Å². The van der Waals surface area contributed by atoms with E-state index in [0.717, 1.165) is 0 Å². The van der Waals surface area contributed by atoms with Gasteiger partial charge >= 0.3 is 5.97 Å². The molecule has 0 bridgehead atoms. The Balaban J connectivity index is 2.28. The van der Waals surface area contributed by atoms with Gasteiger partial charge in [-0.3, -0.25) is 0 Å². The monoisotopic (exact) mass is 431 g/mol. The minimum absolute atomic E-state index is 0.0676. The normalized spacial score (nSPS) is 11.2. The highest BCUT2D eigenvalue weighted by molar-refractivity contribution is 6.36. The lowest BCUT2D eigenvalue weighted by Crippen LogP contribution is -2.24. The summed E-state index contributed by atoms with van der Waals surface area (Å²) < 4.78 is 10.7. The Bertz CT molecular complexity index is 863. The van der Waals surface area contributed by atoms with Crippen LogP contribution in [0.1, 0.15) is 36.7 Å². The number of phenolic OH excluding ortho intramolecular Hbond substituents is 1. The number of nitrogens with one attached hydrogen (secondary N) is 1. The zero-order valence-electron chi connectivity index (χ0n) is 15.3. The summed E-state index contributed by atoms with van der Waals surface area (Å²) in [4.78, 5) is 12.4. The Morgan fingerprint density at radius 1 is 1.19 bits per heavy atom. The molecule has 8 heteroatoms. The van der Waals surface area contributed by atoms with Gasteiger partial charge < -0.3 is 19.9 Å². The third-order valence-electron chi connectivity index (χ3n) is 3.50. The van der Waals surface area contributed by atoms with Gasteiger partial charge in [-0.15, -0.1) is 0 Å². The topological polar surface area (TPSA) is 67.8 Å². The predicted octanol–water partition coefficient (Wildman–Crippen LogP) is 5.93. The van der Waals surface area contributed by atoms with Gasteiger partial charge in [0.25, 0.3) is 0 Å². The molecule has 27 heavy (non-hydrogen) atoms. The Kier molecular flexibility index (Phi) is 6.73. The molecule has 0 saturated carbocycles. The van der Waals surface area contributed by atoms with Gasteiger partial charge in [0.05, 0.1) is 17.8 Å². The average molecular weight is 433 g/mol. The summed E-state index contributed by atoms with van der Waals surface area (Å²) >= 11 is 18.3. The van der Waals surface area contributed by atoms with E-state index in [-0.39, 0.29) is 33.7 Å². The molecule has 0 radical (unpaired) electrons. The van der Waals surface area contributed by atoms with Crippen LogP contribution in [-0.2, 0) is 11.3 Å². The van der Waals surface area contributed by atoms with Crippen LogP contribution < -0.4 is 10.1 Å². The minimum Gasteiger partial charge on any atom is -0.506 e. The van der Waals surface area contributed by atoms with Gasteiger partial charge in [0.1, 0.15) is 21.9 Å². The highest BCUT2D eigenvalue weighted by atomic mass is 35.5. The van der Waals surface area contributed by atoms with E-state index in [9.17, 15) is 9.90 Å². The number of aromatic hydroxyl groups is 1. The lowest BCUT2D eigenvalue weighted by molar-refractivity contribution is 0.00666. The van der Waals surface area contributed by atoms with Crippen molar-refractivity contribution in [1.29, 1.82) is 0 Å². The molecule has 0 atom stereocenters. The Labute approximate surface area is 173 Å². The average Bonchev–Trinajstić information content (AvgIpc) is 2.55. The summed E-state index contributed by atoms with van der Waals surface area (Å²) in [6.07, 6.45) is 0. The fraction of sp³-hybridized carbons (Fsp3) is 0.316. The van der Waals surface area contributed by atoms with Crippen molar-refractivity contribution in [1.82, 2.24) is 0 Å². The zero-order valence-corrected chi connectivity index (χ0v) is 17.6. The van der Waals surface area contributed by atoms with Gasteiger partial charge in [0.15, 0.2) is 5.75 Å². The zero-order chi connectivity index (χ0) is 20.4. The first-order valence-electron chi connectivity index (χ1n) is 8.04. The number of anilines is 1. The van der Waals surface area contributed by atoms with Crippen LogP contribution in [0.4, 0.5) is 5.69 Å². The third kappa shape index (κ3) is 5.34. The molecular weight excluding hydrogens is 413 g/mol. The number of hydrogen-bond acceptors (Lipinski definition) is 5. The number of phenols is 1. The standard InChI is InChI=1S/C19H20Cl3NO4/c1-19(2,3)27-18(25)12-5-6-14(15(22)17(12)26-4)23-9-10-7-11(20)8-13(21)16(10)24/h5-8,23-24H,9H2,1-4H3. The number of rotatable bonds is 5. The molecule has 0 saturated heterocycles. The second-order valence-corrected chi connectivity index (χ2v) is 7.98. The Hall–Kier alpha value is -1.82. The van der Waals surface area contributed by atoms with Crippen molar-refractivity contribution in [2.45, 2.75) is 32.9 Å². The smallest absolute Gasteiger partial charge is 0.342 e. The van der Waals surface area contributed by atoms with Crippen LogP contribution in [0.5, 0.6) is 11.5 Å². The molecule has 0 fully saturated rings. The summed E-state index contributed by atoms with van der Waals surface area (Å²) in [6.45, 7) is 5.54.